The van der Waals surface area contributed by atoms with Gasteiger partial charge in [0, 0.05) is 12.8 Å². The van der Waals surface area contributed by atoms with Gasteiger partial charge in [0.2, 0.25) is 0 Å². The zero-order chi connectivity index (χ0) is 14.8. The fraction of sp³-hybridized carbons (Fsp3) is 0.889. The number of ketones is 2. The summed E-state index contributed by atoms with van der Waals surface area (Å²) in [6.45, 7) is 4.87. The average Bonchev–Trinajstić information content (AvgIpc) is 2.76. The van der Waals surface area contributed by atoms with Crippen molar-refractivity contribution < 1.29 is 14.3 Å². The third kappa shape index (κ3) is 1.76. The van der Waals surface area contributed by atoms with Crippen molar-refractivity contribution in [1.29, 1.82) is 0 Å². The van der Waals surface area contributed by atoms with E-state index in [1.165, 1.54) is 0 Å². The number of ether oxygens (including phenoxy) is 1. The molecule has 0 unspecified atom stereocenters. The van der Waals surface area contributed by atoms with Gasteiger partial charge in [-0.25, -0.2) is 0 Å². The summed E-state index contributed by atoms with van der Waals surface area (Å²) in [5.74, 6) is 2.53. The second-order valence-corrected chi connectivity index (χ2v) is 8.40. The number of rotatable bonds is 0. The first-order chi connectivity index (χ1) is 9.95. The van der Waals surface area contributed by atoms with Crippen molar-refractivity contribution >= 4 is 11.6 Å². The first kappa shape index (κ1) is 13.9. The molecule has 0 aromatic rings. The lowest BCUT2D eigenvalue weighted by Gasteiger charge is -2.58. The van der Waals surface area contributed by atoms with E-state index in [0.717, 1.165) is 44.9 Å². The first-order valence-electron chi connectivity index (χ1n) is 8.62. The SMILES string of the molecule is C[C@]12CCC(=O)C[C@@H]1CC[C@@H]1[C@@H]2CC[C@]2(C)C(=O)CO[C@@H]12. The molecule has 0 radical (unpaired) electrons. The second kappa shape index (κ2) is 4.41. The second-order valence-electron chi connectivity index (χ2n) is 8.40. The molecule has 0 aromatic heterocycles. The molecule has 3 aliphatic carbocycles. The molecule has 1 aliphatic heterocycles. The van der Waals surface area contributed by atoms with E-state index in [4.69, 9.17) is 4.74 Å². The summed E-state index contributed by atoms with van der Waals surface area (Å²) in [7, 11) is 0. The van der Waals surface area contributed by atoms with Crippen LogP contribution >= 0.6 is 0 Å². The Hall–Kier alpha value is -0.700. The molecular weight excluding hydrogens is 264 g/mol. The number of Topliss-reactive ketones (excluding diaryl/α,β-unsaturated/α-hetero) is 2. The van der Waals surface area contributed by atoms with E-state index in [2.05, 4.69) is 13.8 Å². The van der Waals surface area contributed by atoms with Crippen molar-refractivity contribution in [1.82, 2.24) is 0 Å². The maximum atomic E-state index is 12.2. The topological polar surface area (TPSA) is 43.4 Å². The molecule has 0 spiro atoms. The molecule has 0 N–H and O–H groups in total. The van der Waals surface area contributed by atoms with Crippen LogP contribution in [0.2, 0.25) is 0 Å². The van der Waals surface area contributed by atoms with E-state index in [1.807, 2.05) is 0 Å². The molecule has 1 heterocycles. The number of carbonyl (C=O) groups excluding carboxylic acids is 2. The smallest absolute Gasteiger partial charge is 0.166 e. The van der Waals surface area contributed by atoms with Crippen molar-refractivity contribution in [3.8, 4) is 0 Å². The molecule has 116 valence electrons. The lowest BCUT2D eigenvalue weighted by Crippen LogP contribution is -2.55. The number of hydrogen-bond acceptors (Lipinski definition) is 3. The minimum atomic E-state index is -0.227. The maximum absolute atomic E-state index is 12.2. The summed E-state index contributed by atoms with van der Waals surface area (Å²) in [6.07, 6.45) is 7.16. The minimum absolute atomic E-state index is 0.138. The summed E-state index contributed by atoms with van der Waals surface area (Å²) in [5.41, 5.74) is 0.0714. The van der Waals surface area contributed by atoms with Crippen LogP contribution in [0.5, 0.6) is 0 Å². The highest BCUT2D eigenvalue weighted by molar-refractivity contribution is 5.88. The largest absolute Gasteiger partial charge is 0.369 e. The highest BCUT2D eigenvalue weighted by atomic mass is 16.5. The van der Waals surface area contributed by atoms with Gasteiger partial charge in [-0.1, -0.05) is 13.8 Å². The molecule has 4 fully saturated rings. The highest BCUT2D eigenvalue weighted by Gasteiger charge is 2.61. The van der Waals surface area contributed by atoms with Gasteiger partial charge in [-0.2, -0.15) is 0 Å². The lowest BCUT2D eigenvalue weighted by molar-refractivity contribution is -0.150. The summed E-state index contributed by atoms with van der Waals surface area (Å²) < 4.78 is 5.97. The average molecular weight is 290 g/mol. The quantitative estimate of drug-likeness (QED) is 0.688. The van der Waals surface area contributed by atoms with Gasteiger partial charge in [0.05, 0.1) is 11.5 Å². The third-order valence-corrected chi connectivity index (χ3v) is 7.58. The van der Waals surface area contributed by atoms with Crippen LogP contribution in [0, 0.1) is 28.6 Å². The summed E-state index contributed by atoms with van der Waals surface area (Å²) in [5, 5.41) is 0. The van der Waals surface area contributed by atoms with Gasteiger partial charge in [-0.05, 0) is 55.3 Å². The Morgan fingerprint density at radius 2 is 1.90 bits per heavy atom. The van der Waals surface area contributed by atoms with Gasteiger partial charge in [0.15, 0.2) is 5.78 Å². The Morgan fingerprint density at radius 3 is 2.71 bits per heavy atom. The number of hydrogen-bond donors (Lipinski definition) is 0. The normalized spacial score (nSPS) is 53.0. The number of carbonyl (C=O) groups is 2. The predicted molar refractivity (Wildman–Crippen MR) is 78.8 cm³/mol. The van der Waals surface area contributed by atoms with E-state index in [-0.39, 0.29) is 11.5 Å². The Kier molecular flexibility index (Phi) is 2.92. The van der Waals surface area contributed by atoms with Crippen molar-refractivity contribution in [2.45, 2.75) is 64.9 Å². The molecule has 4 aliphatic rings. The Balaban J connectivity index is 1.65. The van der Waals surface area contributed by atoms with Crippen LogP contribution < -0.4 is 0 Å². The molecule has 1 saturated heterocycles. The fourth-order valence-corrected chi connectivity index (χ4v) is 6.14. The van der Waals surface area contributed by atoms with Gasteiger partial charge in [0.25, 0.3) is 0 Å². The summed E-state index contributed by atoms with van der Waals surface area (Å²) in [4.78, 5) is 24.1. The molecule has 3 nitrogen and oxygen atoms in total. The van der Waals surface area contributed by atoms with E-state index < -0.39 is 0 Å². The summed E-state index contributed by atoms with van der Waals surface area (Å²) in [6, 6.07) is 0. The third-order valence-electron chi connectivity index (χ3n) is 7.58. The molecule has 0 aromatic carbocycles. The van der Waals surface area contributed by atoms with Gasteiger partial charge >= 0.3 is 0 Å². The first-order valence-corrected chi connectivity index (χ1v) is 8.62. The molecular formula is C18H26O3. The van der Waals surface area contributed by atoms with Crippen molar-refractivity contribution in [3.05, 3.63) is 0 Å². The molecule has 3 heteroatoms. The van der Waals surface area contributed by atoms with Gasteiger partial charge in [0.1, 0.15) is 12.4 Å². The van der Waals surface area contributed by atoms with Crippen LogP contribution in [0.1, 0.15) is 58.8 Å². The van der Waals surface area contributed by atoms with Crippen LogP contribution in [-0.2, 0) is 14.3 Å². The van der Waals surface area contributed by atoms with Crippen molar-refractivity contribution in [2.75, 3.05) is 6.61 Å². The molecule has 6 atom stereocenters. The fourth-order valence-electron chi connectivity index (χ4n) is 6.14. The Morgan fingerprint density at radius 1 is 1.10 bits per heavy atom. The zero-order valence-corrected chi connectivity index (χ0v) is 13.2. The standard InChI is InChI=1S/C18H26O3/c1-17-7-5-12(19)9-11(17)3-4-13-14(17)6-8-18(2)15(20)10-21-16(13)18/h11,13-14,16H,3-10H2,1-2H3/t11-,13+,14-,16-,17-,18+/m0/s1. The predicted octanol–water partition coefficient (Wildman–Crippen LogP) is 3.16. The van der Waals surface area contributed by atoms with Gasteiger partial charge in [-0.3, -0.25) is 9.59 Å². The monoisotopic (exact) mass is 290 g/mol. The lowest BCUT2D eigenvalue weighted by atomic mass is 9.46. The zero-order valence-electron chi connectivity index (χ0n) is 13.2. The van der Waals surface area contributed by atoms with Crippen LogP contribution in [0.3, 0.4) is 0 Å². The molecule has 3 saturated carbocycles. The van der Waals surface area contributed by atoms with E-state index in [9.17, 15) is 9.59 Å². The number of fused-ring (bicyclic) bond motifs is 5. The minimum Gasteiger partial charge on any atom is -0.369 e. The van der Waals surface area contributed by atoms with Crippen molar-refractivity contribution in [3.63, 3.8) is 0 Å². The van der Waals surface area contributed by atoms with Crippen LogP contribution in [0.25, 0.3) is 0 Å². The van der Waals surface area contributed by atoms with Crippen LogP contribution in [-0.4, -0.2) is 24.3 Å². The van der Waals surface area contributed by atoms with Crippen LogP contribution in [0.15, 0.2) is 0 Å². The van der Waals surface area contributed by atoms with E-state index >= 15 is 0 Å². The molecule has 0 amide bonds. The van der Waals surface area contributed by atoms with Gasteiger partial charge < -0.3 is 4.74 Å². The Bertz CT molecular complexity index is 499. The molecule has 21 heavy (non-hydrogen) atoms. The van der Waals surface area contributed by atoms with Crippen molar-refractivity contribution in [2.24, 2.45) is 28.6 Å². The Labute approximate surface area is 126 Å². The summed E-state index contributed by atoms with van der Waals surface area (Å²) >= 11 is 0. The molecule has 0 bridgehead atoms. The maximum Gasteiger partial charge on any atom is 0.166 e. The van der Waals surface area contributed by atoms with E-state index in [0.29, 0.717) is 41.3 Å². The molecule has 4 rings (SSSR count). The van der Waals surface area contributed by atoms with Gasteiger partial charge in [-0.15, -0.1) is 0 Å². The van der Waals surface area contributed by atoms with E-state index in [1.54, 1.807) is 0 Å². The highest BCUT2D eigenvalue weighted by Crippen LogP contribution is 2.62. The van der Waals surface area contributed by atoms with Crippen LogP contribution in [0.4, 0.5) is 0 Å².